The third-order valence-corrected chi connectivity index (χ3v) is 5.03. The predicted octanol–water partition coefficient (Wildman–Crippen LogP) is 5.11. The van der Waals surface area contributed by atoms with Crippen molar-refractivity contribution in [2.45, 2.75) is 19.3 Å². The summed E-state index contributed by atoms with van der Waals surface area (Å²) in [5.74, 6) is 0.0550. The second kappa shape index (κ2) is 10.1. The molecule has 144 valence electrons. The summed E-state index contributed by atoms with van der Waals surface area (Å²) >= 11 is 7.59. The van der Waals surface area contributed by atoms with Crippen LogP contribution in [0.1, 0.15) is 34.3 Å². The molecule has 0 saturated carbocycles. The second-order valence-corrected chi connectivity index (χ2v) is 7.48. The van der Waals surface area contributed by atoms with E-state index in [9.17, 15) is 9.59 Å². The molecule has 3 rings (SSSR count). The molecule has 2 aromatic carbocycles. The number of amides is 1. The molecule has 0 bridgehead atoms. The molecule has 1 N–H and O–H groups in total. The van der Waals surface area contributed by atoms with Gasteiger partial charge in [0.1, 0.15) is 5.75 Å². The van der Waals surface area contributed by atoms with Crippen molar-refractivity contribution < 1.29 is 14.3 Å². The maximum absolute atomic E-state index is 12.2. The van der Waals surface area contributed by atoms with Crippen LogP contribution in [0.5, 0.6) is 5.75 Å². The predicted molar refractivity (Wildman–Crippen MR) is 112 cm³/mol. The molecule has 3 aromatic rings. The van der Waals surface area contributed by atoms with Gasteiger partial charge in [-0.2, -0.15) is 11.3 Å². The number of carbonyl (C=O) groups is 2. The van der Waals surface area contributed by atoms with Crippen LogP contribution in [0.25, 0.3) is 0 Å². The van der Waals surface area contributed by atoms with Gasteiger partial charge in [0.15, 0.2) is 0 Å². The smallest absolute Gasteiger partial charge is 0.311 e. The molecule has 0 unspecified atom stereocenters. The van der Waals surface area contributed by atoms with Crippen LogP contribution in [0.4, 0.5) is 0 Å². The van der Waals surface area contributed by atoms with Crippen LogP contribution in [0.15, 0.2) is 65.4 Å². The molecular formula is C22H20ClNO3S. The van der Waals surface area contributed by atoms with Gasteiger partial charge in [0.2, 0.25) is 0 Å². The normalized spacial score (nSPS) is 10.5. The molecule has 28 heavy (non-hydrogen) atoms. The molecule has 0 aliphatic rings. The number of halogens is 1. The zero-order chi connectivity index (χ0) is 19.8. The minimum absolute atomic E-state index is 0.127. The van der Waals surface area contributed by atoms with Crippen molar-refractivity contribution in [3.63, 3.8) is 0 Å². The van der Waals surface area contributed by atoms with E-state index >= 15 is 0 Å². The van der Waals surface area contributed by atoms with Gasteiger partial charge in [-0.05, 0) is 41.6 Å². The first-order valence-corrected chi connectivity index (χ1v) is 10.3. The molecule has 0 fully saturated rings. The molecule has 0 atom stereocenters. The lowest BCUT2D eigenvalue weighted by atomic mass is 10.0. The Morgan fingerprint density at radius 1 is 1.07 bits per heavy atom. The van der Waals surface area contributed by atoms with Crippen molar-refractivity contribution in [3.05, 3.63) is 87.1 Å². The molecule has 0 radical (unpaired) electrons. The number of hydrogen-bond donors (Lipinski definition) is 1. The number of benzene rings is 2. The Kier molecular flexibility index (Phi) is 7.23. The fourth-order valence-electron chi connectivity index (χ4n) is 2.71. The molecule has 4 nitrogen and oxygen atoms in total. The van der Waals surface area contributed by atoms with Crippen molar-refractivity contribution in [1.29, 1.82) is 0 Å². The lowest BCUT2D eigenvalue weighted by Gasteiger charge is -2.11. The molecule has 6 heteroatoms. The van der Waals surface area contributed by atoms with E-state index in [-0.39, 0.29) is 18.3 Å². The highest BCUT2D eigenvalue weighted by atomic mass is 35.5. The minimum atomic E-state index is -0.332. The average molecular weight is 414 g/mol. The lowest BCUT2D eigenvalue weighted by molar-refractivity contribution is -0.134. The number of hydrogen-bond acceptors (Lipinski definition) is 4. The van der Waals surface area contributed by atoms with Crippen LogP contribution in [-0.2, 0) is 11.2 Å². The van der Waals surface area contributed by atoms with Crippen LogP contribution in [0.3, 0.4) is 0 Å². The monoisotopic (exact) mass is 413 g/mol. The zero-order valence-electron chi connectivity index (χ0n) is 15.2. The SMILES string of the molecule is O=C(CCCNC(=O)c1ccsc1)Oc1ccc(Cl)cc1Cc1ccccc1. The topological polar surface area (TPSA) is 55.4 Å². The number of carbonyl (C=O) groups excluding carboxylic acids is 2. The van der Waals surface area contributed by atoms with Gasteiger partial charge in [0.05, 0.1) is 0 Å². The van der Waals surface area contributed by atoms with E-state index in [4.69, 9.17) is 16.3 Å². The summed E-state index contributed by atoms with van der Waals surface area (Å²) in [7, 11) is 0. The molecule has 0 aliphatic heterocycles. The Morgan fingerprint density at radius 2 is 1.89 bits per heavy atom. The molecule has 0 saturated heterocycles. The van der Waals surface area contributed by atoms with Gasteiger partial charge in [-0.3, -0.25) is 9.59 Å². The van der Waals surface area contributed by atoms with Crippen LogP contribution in [-0.4, -0.2) is 18.4 Å². The van der Waals surface area contributed by atoms with E-state index in [1.165, 1.54) is 11.3 Å². The Hall–Kier alpha value is -2.63. The molecule has 0 spiro atoms. The molecular weight excluding hydrogens is 394 g/mol. The summed E-state index contributed by atoms with van der Waals surface area (Å²) in [5, 5.41) is 7.04. The fourth-order valence-corrected chi connectivity index (χ4v) is 3.54. The van der Waals surface area contributed by atoms with Crippen molar-refractivity contribution in [3.8, 4) is 5.75 Å². The highest BCUT2D eigenvalue weighted by Gasteiger charge is 2.11. The average Bonchev–Trinajstić information content (AvgIpc) is 3.23. The standard InChI is InChI=1S/C22H20ClNO3S/c23-19-8-9-20(18(14-19)13-16-5-2-1-3-6-16)27-21(25)7-4-11-24-22(26)17-10-12-28-15-17/h1-3,5-6,8-10,12,14-15H,4,7,11,13H2,(H,24,26). The molecule has 1 aromatic heterocycles. The lowest BCUT2D eigenvalue weighted by Crippen LogP contribution is -2.24. The Labute approximate surface area is 173 Å². The van der Waals surface area contributed by atoms with E-state index in [1.54, 1.807) is 23.6 Å². The quantitative estimate of drug-likeness (QED) is 0.317. The molecule has 1 heterocycles. The van der Waals surface area contributed by atoms with Gasteiger partial charge in [-0.15, -0.1) is 0 Å². The third kappa shape index (κ3) is 5.94. The van der Waals surface area contributed by atoms with Crippen LogP contribution in [0, 0.1) is 0 Å². The van der Waals surface area contributed by atoms with Crippen molar-refractivity contribution in [2.75, 3.05) is 6.54 Å². The van der Waals surface area contributed by atoms with Gasteiger partial charge >= 0.3 is 5.97 Å². The minimum Gasteiger partial charge on any atom is -0.426 e. The van der Waals surface area contributed by atoms with E-state index in [0.717, 1.165) is 11.1 Å². The molecule has 1 amide bonds. The molecule has 0 aliphatic carbocycles. The summed E-state index contributed by atoms with van der Waals surface area (Å²) in [6.07, 6.45) is 1.36. The summed E-state index contributed by atoms with van der Waals surface area (Å²) in [6, 6.07) is 16.9. The van der Waals surface area contributed by atoms with E-state index in [1.807, 2.05) is 41.8 Å². The second-order valence-electron chi connectivity index (χ2n) is 6.26. The number of nitrogens with one attached hydrogen (secondary N) is 1. The van der Waals surface area contributed by atoms with Gasteiger partial charge in [0.25, 0.3) is 5.91 Å². The van der Waals surface area contributed by atoms with Crippen molar-refractivity contribution in [1.82, 2.24) is 5.32 Å². The maximum atomic E-state index is 12.2. The van der Waals surface area contributed by atoms with Gasteiger partial charge < -0.3 is 10.1 Å². The Balaban J connectivity index is 1.51. The summed E-state index contributed by atoms with van der Waals surface area (Å²) in [6.45, 7) is 0.418. The summed E-state index contributed by atoms with van der Waals surface area (Å²) in [4.78, 5) is 24.1. The number of ether oxygens (including phenoxy) is 1. The van der Waals surface area contributed by atoms with Gasteiger partial charge in [0, 0.05) is 40.9 Å². The Bertz CT molecular complexity index is 926. The summed E-state index contributed by atoms with van der Waals surface area (Å²) in [5.41, 5.74) is 2.61. The number of esters is 1. The van der Waals surface area contributed by atoms with E-state index < -0.39 is 0 Å². The van der Waals surface area contributed by atoms with E-state index in [2.05, 4.69) is 5.32 Å². The number of thiophene rings is 1. The first-order chi connectivity index (χ1) is 13.6. The summed E-state index contributed by atoms with van der Waals surface area (Å²) < 4.78 is 5.54. The van der Waals surface area contributed by atoms with Crippen molar-refractivity contribution >= 4 is 34.8 Å². The maximum Gasteiger partial charge on any atom is 0.311 e. The van der Waals surface area contributed by atoms with Gasteiger partial charge in [-0.25, -0.2) is 0 Å². The van der Waals surface area contributed by atoms with Crippen molar-refractivity contribution in [2.24, 2.45) is 0 Å². The Morgan fingerprint density at radius 3 is 2.64 bits per heavy atom. The highest BCUT2D eigenvalue weighted by Crippen LogP contribution is 2.26. The van der Waals surface area contributed by atoms with Gasteiger partial charge in [-0.1, -0.05) is 41.9 Å². The highest BCUT2D eigenvalue weighted by molar-refractivity contribution is 7.08. The third-order valence-electron chi connectivity index (χ3n) is 4.11. The van der Waals surface area contributed by atoms with Crippen LogP contribution in [0.2, 0.25) is 5.02 Å². The van der Waals surface area contributed by atoms with E-state index in [0.29, 0.717) is 35.7 Å². The number of rotatable bonds is 8. The first-order valence-electron chi connectivity index (χ1n) is 8.95. The van der Waals surface area contributed by atoms with Crippen LogP contribution >= 0.6 is 22.9 Å². The first kappa shape index (κ1) is 20.1. The largest absolute Gasteiger partial charge is 0.426 e. The fraction of sp³-hybridized carbons (Fsp3) is 0.182. The zero-order valence-corrected chi connectivity index (χ0v) is 16.8. The van der Waals surface area contributed by atoms with Crippen LogP contribution < -0.4 is 10.1 Å².